The first-order valence-electron chi connectivity index (χ1n) is 4.43. The van der Waals surface area contributed by atoms with Crippen molar-refractivity contribution in [3.63, 3.8) is 0 Å². The van der Waals surface area contributed by atoms with E-state index < -0.39 is 0 Å². The lowest BCUT2D eigenvalue weighted by atomic mass is 10.1. The maximum absolute atomic E-state index is 8.58. The Labute approximate surface area is 75.4 Å². The van der Waals surface area contributed by atoms with Crippen molar-refractivity contribution in [1.82, 2.24) is 0 Å². The summed E-state index contributed by atoms with van der Waals surface area (Å²) in [4.78, 5) is 0. The highest BCUT2D eigenvalue weighted by Gasteiger charge is 1.93. The number of rotatable bonds is 4. The summed E-state index contributed by atoms with van der Waals surface area (Å²) in [7, 11) is 0. The van der Waals surface area contributed by atoms with Crippen molar-refractivity contribution in [3.8, 4) is 6.07 Å². The van der Waals surface area contributed by atoms with Gasteiger partial charge in [-0.3, -0.25) is 0 Å². The Bertz CT molecular complexity index is 216. The quantitative estimate of drug-likeness (QED) is 0.459. The van der Waals surface area contributed by atoms with Gasteiger partial charge in [-0.1, -0.05) is 24.6 Å². The summed E-state index contributed by atoms with van der Waals surface area (Å²) in [5, 5.41) is 8.58. The highest BCUT2D eigenvalue weighted by molar-refractivity contribution is 5.24. The average Bonchev–Trinajstić information content (AvgIpc) is 2.10. The number of nitriles is 1. The van der Waals surface area contributed by atoms with E-state index in [-0.39, 0.29) is 0 Å². The molecule has 0 aliphatic carbocycles. The molecular formula is C11H17N. The Kier molecular flexibility index (Phi) is 6.09. The van der Waals surface area contributed by atoms with E-state index in [0.29, 0.717) is 0 Å². The van der Waals surface area contributed by atoms with Crippen LogP contribution in [0.25, 0.3) is 0 Å². The number of hydrogen-bond donors (Lipinski definition) is 0. The van der Waals surface area contributed by atoms with Crippen LogP contribution in [0, 0.1) is 11.3 Å². The molecule has 0 spiro atoms. The molecule has 0 N–H and O–H groups in total. The number of allylic oxidation sites excluding steroid dienone is 4. The Morgan fingerprint density at radius 2 is 2.00 bits per heavy atom. The maximum atomic E-state index is 8.58. The van der Waals surface area contributed by atoms with E-state index in [1.54, 1.807) is 0 Å². The third kappa shape index (κ3) is 4.73. The second kappa shape index (κ2) is 6.67. The predicted octanol–water partition coefficient (Wildman–Crippen LogP) is 3.59. The zero-order valence-electron chi connectivity index (χ0n) is 8.22. The van der Waals surface area contributed by atoms with Gasteiger partial charge in [0.1, 0.15) is 0 Å². The zero-order valence-corrected chi connectivity index (χ0v) is 8.22. The summed E-state index contributed by atoms with van der Waals surface area (Å²) in [5.74, 6) is 0. The van der Waals surface area contributed by atoms with E-state index in [1.165, 1.54) is 5.57 Å². The van der Waals surface area contributed by atoms with Crippen LogP contribution in [0.4, 0.5) is 0 Å². The Hall–Kier alpha value is -1.03. The van der Waals surface area contributed by atoms with Crippen molar-refractivity contribution in [1.29, 1.82) is 5.26 Å². The van der Waals surface area contributed by atoms with Gasteiger partial charge in [0, 0.05) is 5.57 Å². The van der Waals surface area contributed by atoms with Gasteiger partial charge in [-0.2, -0.15) is 5.26 Å². The van der Waals surface area contributed by atoms with E-state index in [9.17, 15) is 0 Å². The normalized spacial score (nSPS) is 12.8. The molecule has 0 unspecified atom stereocenters. The van der Waals surface area contributed by atoms with Crippen LogP contribution in [0.5, 0.6) is 0 Å². The van der Waals surface area contributed by atoms with Gasteiger partial charge in [-0.05, 0) is 33.1 Å². The van der Waals surface area contributed by atoms with Gasteiger partial charge in [0.05, 0.1) is 6.07 Å². The molecule has 0 aromatic rings. The van der Waals surface area contributed by atoms with Gasteiger partial charge in [-0.25, -0.2) is 0 Å². The van der Waals surface area contributed by atoms with Gasteiger partial charge in [0.25, 0.3) is 0 Å². The van der Waals surface area contributed by atoms with Crippen molar-refractivity contribution >= 4 is 0 Å². The minimum atomic E-state index is 0.861. The zero-order chi connectivity index (χ0) is 9.40. The molecule has 0 aromatic heterocycles. The average molecular weight is 163 g/mol. The molecule has 0 heterocycles. The van der Waals surface area contributed by atoms with Crippen molar-refractivity contribution in [2.45, 2.75) is 40.0 Å². The third-order valence-corrected chi connectivity index (χ3v) is 1.90. The van der Waals surface area contributed by atoms with Gasteiger partial charge >= 0.3 is 0 Å². The second-order valence-electron chi connectivity index (χ2n) is 2.94. The molecule has 0 aromatic carbocycles. The van der Waals surface area contributed by atoms with Crippen LogP contribution in [0.15, 0.2) is 23.3 Å². The van der Waals surface area contributed by atoms with Crippen LogP contribution in [-0.4, -0.2) is 0 Å². The van der Waals surface area contributed by atoms with E-state index in [2.05, 4.69) is 25.1 Å². The lowest BCUT2D eigenvalue weighted by Gasteiger charge is -1.97. The standard InChI is InChI=1S/C11H17N/c1-4-5-6-7-8-10(2)11(3)9-12/h5-6H,4,7-8H2,1-3H3/b6-5+,11-10+. The Balaban J connectivity index is 3.80. The van der Waals surface area contributed by atoms with Crippen molar-refractivity contribution in [3.05, 3.63) is 23.3 Å². The minimum absolute atomic E-state index is 0.861. The third-order valence-electron chi connectivity index (χ3n) is 1.90. The van der Waals surface area contributed by atoms with Crippen LogP contribution in [0.1, 0.15) is 40.0 Å². The fourth-order valence-electron chi connectivity index (χ4n) is 0.867. The van der Waals surface area contributed by atoms with Crippen molar-refractivity contribution in [2.75, 3.05) is 0 Å². The summed E-state index contributed by atoms with van der Waals surface area (Å²) in [6.45, 7) is 6.02. The fraction of sp³-hybridized carbons (Fsp3) is 0.545. The summed E-state index contributed by atoms with van der Waals surface area (Å²) in [5.41, 5.74) is 2.07. The summed E-state index contributed by atoms with van der Waals surface area (Å²) in [6.07, 6.45) is 7.50. The molecule has 66 valence electrons. The predicted molar refractivity (Wildman–Crippen MR) is 52.7 cm³/mol. The molecule has 1 heteroatoms. The molecule has 0 atom stereocenters. The molecule has 0 aliphatic heterocycles. The molecule has 0 saturated heterocycles. The molecule has 0 amide bonds. The number of nitrogens with zero attached hydrogens (tertiary/aromatic N) is 1. The summed E-state index contributed by atoms with van der Waals surface area (Å²) < 4.78 is 0. The van der Waals surface area contributed by atoms with Crippen LogP contribution < -0.4 is 0 Å². The molecule has 0 bridgehead atoms. The highest BCUT2D eigenvalue weighted by atomic mass is 14.2. The minimum Gasteiger partial charge on any atom is -0.193 e. The van der Waals surface area contributed by atoms with Gasteiger partial charge in [-0.15, -0.1) is 0 Å². The first kappa shape index (κ1) is 11.0. The lowest BCUT2D eigenvalue weighted by molar-refractivity contribution is 0.957. The summed E-state index contributed by atoms with van der Waals surface area (Å²) >= 11 is 0. The van der Waals surface area contributed by atoms with E-state index in [0.717, 1.165) is 24.8 Å². The van der Waals surface area contributed by atoms with Crippen molar-refractivity contribution < 1.29 is 0 Å². The van der Waals surface area contributed by atoms with Crippen LogP contribution >= 0.6 is 0 Å². The van der Waals surface area contributed by atoms with Crippen LogP contribution in [0.2, 0.25) is 0 Å². The molecule has 12 heavy (non-hydrogen) atoms. The second-order valence-corrected chi connectivity index (χ2v) is 2.94. The largest absolute Gasteiger partial charge is 0.193 e. The van der Waals surface area contributed by atoms with Gasteiger partial charge in [0.15, 0.2) is 0 Å². The monoisotopic (exact) mass is 163 g/mol. The molecule has 0 aliphatic rings. The van der Waals surface area contributed by atoms with Crippen molar-refractivity contribution in [2.24, 2.45) is 0 Å². The van der Waals surface area contributed by atoms with E-state index in [4.69, 9.17) is 5.26 Å². The topological polar surface area (TPSA) is 23.8 Å². The van der Waals surface area contributed by atoms with Crippen LogP contribution in [-0.2, 0) is 0 Å². The first-order chi connectivity index (χ1) is 5.72. The highest BCUT2D eigenvalue weighted by Crippen LogP contribution is 2.09. The van der Waals surface area contributed by atoms with E-state index >= 15 is 0 Å². The number of hydrogen-bond acceptors (Lipinski definition) is 1. The maximum Gasteiger partial charge on any atom is 0.0943 e. The van der Waals surface area contributed by atoms with Gasteiger partial charge in [0.2, 0.25) is 0 Å². The Morgan fingerprint density at radius 1 is 1.33 bits per heavy atom. The Morgan fingerprint density at radius 3 is 2.50 bits per heavy atom. The van der Waals surface area contributed by atoms with E-state index in [1.807, 2.05) is 13.8 Å². The molecule has 0 radical (unpaired) electrons. The molecule has 1 nitrogen and oxygen atoms in total. The molecule has 0 fully saturated rings. The smallest absolute Gasteiger partial charge is 0.0943 e. The fourth-order valence-corrected chi connectivity index (χ4v) is 0.867. The summed E-state index contributed by atoms with van der Waals surface area (Å²) in [6, 6.07) is 2.16. The van der Waals surface area contributed by atoms with Crippen LogP contribution in [0.3, 0.4) is 0 Å². The first-order valence-corrected chi connectivity index (χ1v) is 4.43. The van der Waals surface area contributed by atoms with Gasteiger partial charge < -0.3 is 0 Å². The molecule has 0 saturated carbocycles. The SMILES string of the molecule is CC/C=C/CC/C(C)=C(\C)C#N. The molecule has 0 rings (SSSR count). The molecular weight excluding hydrogens is 146 g/mol. The lowest BCUT2D eigenvalue weighted by Crippen LogP contribution is -1.80.